The van der Waals surface area contributed by atoms with Crippen molar-refractivity contribution in [1.82, 2.24) is 30.2 Å². The third-order valence-corrected chi connectivity index (χ3v) is 5.09. The summed E-state index contributed by atoms with van der Waals surface area (Å²) in [5, 5.41) is 14.3. The lowest BCUT2D eigenvalue weighted by Gasteiger charge is -2.00. The molecule has 116 valence electrons. The number of tetrazole rings is 1. The second-order valence-electron chi connectivity index (χ2n) is 4.69. The summed E-state index contributed by atoms with van der Waals surface area (Å²) in [6.45, 7) is 0. The van der Waals surface area contributed by atoms with Crippen LogP contribution in [0.1, 0.15) is 5.82 Å². The van der Waals surface area contributed by atoms with Crippen molar-refractivity contribution >= 4 is 33.3 Å². The molecule has 4 aromatic rings. The fourth-order valence-corrected chi connectivity index (χ4v) is 3.82. The van der Waals surface area contributed by atoms with Crippen LogP contribution in [0.2, 0.25) is 0 Å². The summed E-state index contributed by atoms with van der Waals surface area (Å²) >= 11 is 2.83. The maximum absolute atomic E-state index is 12.4. The molecular formula is C13H10N6O2S2. The number of nitrogens with zero attached hydrogens (tertiary/aromatic N) is 5. The van der Waals surface area contributed by atoms with Gasteiger partial charge in [-0.3, -0.25) is 4.79 Å². The Kier molecular flexibility index (Phi) is 3.46. The summed E-state index contributed by atoms with van der Waals surface area (Å²) in [6.07, 6.45) is 1.58. The number of rotatable bonds is 4. The van der Waals surface area contributed by atoms with Crippen LogP contribution in [0.25, 0.3) is 21.5 Å². The van der Waals surface area contributed by atoms with Crippen LogP contribution in [0.15, 0.2) is 38.1 Å². The second-order valence-corrected chi connectivity index (χ2v) is 6.49. The molecular weight excluding hydrogens is 336 g/mol. The highest BCUT2D eigenvalue weighted by Crippen LogP contribution is 2.31. The molecule has 0 unspecified atom stereocenters. The summed E-state index contributed by atoms with van der Waals surface area (Å²) < 4.78 is 6.95. The van der Waals surface area contributed by atoms with Crippen LogP contribution in [-0.2, 0) is 12.8 Å². The Hall–Kier alpha value is -2.46. The van der Waals surface area contributed by atoms with Crippen LogP contribution < -0.4 is 5.56 Å². The van der Waals surface area contributed by atoms with Gasteiger partial charge in [-0.05, 0) is 22.6 Å². The zero-order chi connectivity index (χ0) is 15.8. The smallest absolute Gasteiger partial charge is 0.260 e. The van der Waals surface area contributed by atoms with E-state index in [0.29, 0.717) is 32.7 Å². The molecule has 0 aliphatic rings. The molecule has 0 aliphatic carbocycles. The van der Waals surface area contributed by atoms with E-state index in [-0.39, 0.29) is 5.56 Å². The third-order valence-electron chi connectivity index (χ3n) is 3.20. The number of thioether (sulfide) groups is 1. The number of aryl methyl sites for hydroxylation is 1. The lowest BCUT2D eigenvalue weighted by atomic mass is 10.2. The average molecular weight is 346 g/mol. The molecule has 4 aromatic heterocycles. The van der Waals surface area contributed by atoms with E-state index in [1.165, 1.54) is 23.1 Å². The van der Waals surface area contributed by atoms with Gasteiger partial charge in [0, 0.05) is 18.0 Å². The van der Waals surface area contributed by atoms with Gasteiger partial charge in [-0.2, -0.15) is 0 Å². The van der Waals surface area contributed by atoms with Crippen LogP contribution >= 0.6 is 23.1 Å². The average Bonchev–Trinajstić information content (AvgIpc) is 3.25. The molecule has 0 fully saturated rings. The van der Waals surface area contributed by atoms with E-state index in [2.05, 4.69) is 25.5 Å². The zero-order valence-corrected chi connectivity index (χ0v) is 13.5. The summed E-state index contributed by atoms with van der Waals surface area (Å²) in [7, 11) is 1.76. The Labute approximate surface area is 137 Å². The van der Waals surface area contributed by atoms with Gasteiger partial charge in [-0.25, -0.2) is 9.67 Å². The highest BCUT2D eigenvalue weighted by molar-refractivity contribution is 7.98. The van der Waals surface area contributed by atoms with Crippen molar-refractivity contribution in [1.29, 1.82) is 0 Å². The van der Waals surface area contributed by atoms with Crippen LogP contribution in [0.4, 0.5) is 0 Å². The van der Waals surface area contributed by atoms with Crippen LogP contribution in [-0.4, -0.2) is 30.2 Å². The first-order chi connectivity index (χ1) is 11.2. The molecule has 0 atom stereocenters. The number of fused-ring (bicyclic) bond motifs is 1. The first kappa shape index (κ1) is 14.2. The Morgan fingerprint density at radius 3 is 3.13 bits per heavy atom. The van der Waals surface area contributed by atoms with Crippen LogP contribution in [0.5, 0.6) is 0 Å². The monoisotopic (exact) mass is 346 g/mol. The van der Waals surface area contributed by atoms with E-state index >= 15 is 0 Å². The van der Waals surface area contributed by atoms with Crippen LogP contribution in [0, 0.1) is 0 Å². The maximum Gasteiger partial charge on any atom is 0.260 e. The topological polar surface area (TPSA) is 102 Å². The minimum Gasteiger partial charge on any atom is -0.464 e. The van der Waals surface area contributed by atoms with Gasteiger partial charge in [0.1, 0.15) is 16.4 Å². The van der Waals surface area contributed by atoms with Gasteiger partial charge in [-0.15, -0.1) is 16.4 Å². The summed E-state index contributed by atoms with van der Waals surface area (Å²) in [6, 6.07) is 3.62. The van der Waals surface area contributed by atoms with Gasteiger partial charge in [0.2, 0.25) is 5.16 Å². The Morgan fingerprint density at radius 1 is 1.48 bits per heavy atom. The molecule has 0 amide bonds. The molecule has 10 heteroatoms. The Balaban J connectivity index is 1.69. The number of nitrogens with one attached hydrogen (secondary N) is 1. The third kappa shape index (κ3) is 2.55. The Morgan fingerprint density at radius 2 is 2.39 bits per heavy atom. The molecule has 8 nitrogen and oxygen atoms in total. The molecule has 0 bridgehead atoms. The minimum atomic E-state index is -0.172. The highest BCUT2D eigenvalue weighted by atomic mass is 32.2. The van der Waals surface area contributed by atoms with E-state index in [4.69, 9.17) is 4.42 Å². The predicted octanol–water partition coefficient (Wildman–Crippen LogP) is 2.06. The van der Waals surface area contributed by atoms with Gasteiger partial charge in [0.05, 0.1) is 17.4 Å². The van der Waals surface area contributed by atoms with E-state index in [9.17, 15) is 4.79 Å². The molecule has 0 saturated heterocycles. The number of hydrogen-bond donors (Lipinski definition) is 1. The van der Waals surface area contributed by atoms with Gasteiger partial charge >= 0.3 is 0 Å². The maximum atomic E-state index is 12.4. The summed E-state index contributed by atoms with van der Waals surface area (Å²) in [5.41, 5.74) is 0.592. The van der Waals surface area contributed by atoms with E-state index in [1.54, 1.807) is 24.1 Å². The van der Waals surface area contributed by atoms with Crippen molar-refractivity contribution < 1.29 is 4.42 Å². The van der Waals surface area contributed by atoms with Gasteiger partial charge < -0.3 is 9.40 Å². The SMILES string of the molecule is Cn1nnnc1SCc1nc2scc(-c3ccco3)c2c(=O)[nH]1. The molecule has 1 N–H and O–H groups in total. The zero-order valence-electron chi connectivity index (χ0n) is 11.9. The molecule has 0 aliphatic heterocycles. The number of aromatic amines is 1. The molecule has 23 heavy (non-hydrogen) atoms. The first-order valence-corrected chi connectivity index (χ1v) is 8.48. The molecule has 4 rings (SSSR count). The fraction of sp³-hybridized carbons (Fsp3) is 0.154. The van der Waals surface area contributed by atoms with Gasteiger partial charge in [0.25, 0.3) is 5.56 Å². The van der Waals surface area contributed by atoms with Crippen molar-refractivity contribution in [2.24, 2.45) is 7.05 Å². The van der Waals surface area contributed by atoms with Crippen molar-refractivity contribution in [3.8, 4) is 11.3 Å². The Bertz CT molecular complexity index is 1020. The normalized spacial score (nSPS) is 11.3. The van der Waals surface area contributed by atoms with E-state index < -0.39 is 0 Å². The number of furan rings is 1. The van der Waals surface area contributed by atoms with Gasteiger partial charge in [-0.1, -0.05) is 11.8 Å². The lowest BCUT2D eigenvalue weighted by Crippen LogP contribution is -2.10. The summed E-state index contributed by atoms with van der Waals surface area (Å²) in [5.74, 6) is 1.73. The van der Waals surface area contributed by atoms with Crippen LogP contribution in [0.3, 0.4) is 0 Å². The standard InChI is InChI=1S/C13H10N6O2S2/c1-19-13(16-17-18-19)23-6-9-14-11(20)10-7(5-22-12(10)15-9)8-3-2-4-21-8/h2-5H,6H2,1H3,(H,14,15,20). The molecule has 0 radical (unpaired) electrons. The highest BCUT2D eigenvalue weighted by Gasteiger charge is 2.15. The predicted molar refractivity (Wildman–Crippen MR) is 86.3 cm³/mol. The molecule has 0 spiro atoms. The van der Waals surface area contributed by atoms with Crippen molar-refractivity contribution in [2.45, 2.75) is 10.9 Å². The quantitative estimate of drug-likeness (QED) is 0.564. The van der Waals surface area contributed by atoms with Crippen molar-refractivity contribution in [3.63, 3.8) is 0 Å². The molecule has 0 saturated carbocycles. The second kappa shape index (κ2) is 5.63. The fourth-order valence-electron chi connectivity index (χ4n) is 2.15. The first-order valence-electron chi connectivity index (χ1n) is 6.62. The minimum absolute atomic E-state index is 0.172. The van der Waals surface area contributed by atoms with Crippen molar-refractivity contribution in [2.75, 3.05) is 0 Å². The summed E-state index contributed by atoms with van der Waals surface area (Å²) in [4.78, 5) is 20.4. The van der Waals surface area contributed by atoms with Gasteiger partial charge in [0.15, 0.2) is 0 Å². The number of thiophene rings is 1. The van der Waals surface area contributed by atoms with Crippen molar-refractivity contribution in [3.05, 3.63) is 40.0 Å². The molecule has 0 aromatic carbocycles. The number of aromatic nitrogens is 6. The molecule has 4 heterocycles. The lowest BCUT2D eigenvalue weighted by molar-refractivity contribution is 0.583. The number of H-pyrrole nitrogens is 1. The van der Waals surface area contributed by atoms with E-state index in [1.807, 2.05) is 11.4 Å². The largest absolute Gasteiger partial charge is 0.464 e. The van der Waals surface area contributed by atoms with E-state index in [0.717, 1.165) is 5.56 Å². The number of hydrogen-bond acceptors (Lipinski definition) is 8.